The van der Waals surface area contributed by atoms with Crippen molar-refractivity contribution in [2.24, 2.45) is 0 Å². The van der Waals surface area contributed by atoms with Crippen molar-refractivity contribution >= 4 is 22.9 Å². The second-order valence-electron chi connectivity index (χ2n) is 6.18. The van der Waals surface area contributed by atoms with E-state index < -0.39 is 6.10 Å². The standard InChI is InChI=1S/C20H18N4O2/c1-2-24-17-8-7-13(12-21)11-16(17)22-20(24)23-19(25)18-15-6-4-3-5-14(15)9-10-26-18/h3-8,11,18H,2,9-10H2,1H3,(H,22,23,25)/t18-/m1/s1. The van der Waals surface area contributed by atoms with Gasteiger partial charge in [-0.25, -0.2) is 4.98 Å². The summed E-state index contributed by atoms with van der Waals surface area (Å²) >= 11 is 0. The maximum atomic E-state index is 12.9. The van der Waals surface area contributed by atoms with E-state index in [0.717, 1.165) is 23.1 Å². The van der Waals surface area contributed by atoms with Crippen molar-refractivity contribution in [1.29, 1.82) is 5.26 Å². The Bertz CT molecular complexity index is 1030. The number of hydrogen-bond acceptors (Lipinski definition) is 4. The van der Waals surface area contributed by atoms with Gasteiger partial charge in [0.2, 0.25) is 5.95 Å². The highest BCUT2D eigenvalue weighted by Gasteiger charge is 2.28. The molecule has 0 fully saturated rings. The zero-order valence-corrected chi connectivity index (χ0v) is 14.4. The minimum Gasteiger partial charge on any atom is -0.363 e. The second-order valence-corrected chi connectivity index (χ2v) is 6.18. The van der Waals surface area contributed by atoms with E-state index in [9.17, 15) is 4.79 Å². The monoisotopic (exact) mass is 346 g/mol. The van der Waals surface area contributed by atoms with Gasteiger partial charge in [0.05, 0.1) is 29.3 Å². The molecule has 6 heteroatoms. The van der Waals surface area contributed by atoms with Crippen molar-refractivity contribution in [2.75, 3.05) is 11.9 Å². The molecular weight excluding hydrogens is 328 g/mol. The molecule has 130 valence electrons. The molecule has 0 radical (unpaired) electrons. The number of nitriles is 1. The fourth-order valence-electron chi connectivity index (χ4n) is 3.40. The molecule has 0 unspecified atom stereocenters. The number of ether oxygens (including phenoxy) is 1. The molecule has 1 amide bonds. The number of carbonyl (C=O) groups is 1. The van der Waals surface area contributed by atoms with E-state index in [1.807, 2.05) is 41.8 Å². The highest BCUT2D eigenvalue weighted by Crippen LogP contribution is 2.29. The normalized spacial score (nSPS) is 16.1. The molecular formula is C20H18N4O2. The van der Waals surface area contributed by atoms with E-state index in [1.54, 1.807) is 12.1 Å². The predicted molar refractivity (Wildman–Crippen MR) is 97.6 cm³/mol. The van der Waals surface area contributed by atoms with Crippen LogP contribution in [0.3, 0.4) is 0 Å². The molecule has 2 aromatic carbocycles. The molecule has 26 heavy (non-hydrogen) atoms. The van der Waals surface area contributed by atoms with Crippen molar-refractivity contribution in [3.63, 3.8) is 0 Å². The first kappa shape index (κ1) is 16.3. The fraction of sp³-hybridized carbons (Fsp3) is 0.250. The summed E-state index contributed by atoms with van der Waals surface area (Å²) in [6.07, 6.45) is 0.171. The topological polar surface area (TPSA) is 79.9 Å². The van der Waals surface area contributed by atoms with E-state index in [0.29, 0.717) is 30.2 Å². The van der Waals surface area contributed by atoms with Gasteiger partial charge in [-0.3, -0.25) is 10.1 Å². The van der Waals surface area contributed by atoms with Gasteiger partial charge in [0.15, 0.2) is 6.10 Å². The smallest absolute Gasteiger partial charge is 0.260 e. The Balaban J connectivity index is 1.67. The van der Waals surface area contributed by atoms with E-state index in [-0.39, 0.29) is 5.91 Å². The highest BCUT2D eigenvalue weighted by atomic mass is 16.5. The first-order valence-electron chi connectivity index (χ1n) is 8.62. The van der Waals surface area contributed by atoms with E-state index in [2.05, 4.69) is 16.4 Å². The van der Waals surface area contributed by atoms with Crippen LogP contribution in [-0.4, -0.2) is 22.1 Å². The number of anilines is 1. The van der Waals surface area contributed by atoms with Crippen LogP contribution in [-0.2, 0) is 22.5 Å². The molecule has 0 saturated carbocycles. The summed E-state index contributed by atoms with van der Waals surface area (Å²) in [6.45, 7) is 3.16. The van der Waals surface area contributed by atoms with Gasteiger partial charge in [-0.15, -0.1) is 0 Å². The third kappa shape index (κ3) is 2.72. The van der Waals surface area contributed by atoms with Gasteiger partial charge in [0.1, 0.15) is 0 Å². The van der Waals surface area contributed by atoms with Gasteiger partial charge in [-0.05, 0) is 42.7 Å². The predicted octanol–water partition coefficient (Wildman–Crippen LogP) is 3.18. The van der Waals surface area contributed by atoms with Crippen molar-refractivity contribution in [2.45, 2.75) is 26.0 Å². The summed E-state index contributed by atoms with van der Waals surface area (Å²) in [5.74, 6) is 0.233. The maximum absolute atomic E-state index is 12.9. The van der Waals surface area contributed by atoms with Crippen LogP contribution >= 0.6 is 0 Å². The minimum absolute atomic E-state index is 0.234. The number of imidazole rings is 1. The Hall–Kier alpha value is -3.17. The molecule has 4 rings (SSSR count). The molecule has 0 spiro atoms. The minimum atomic E-state index is -0.639. The first-order valence-corrected chi connectivity index (χ1v) is 8.62. The van der Waals surface area contributed by atoms with Gasteiger partial charge in [0, 0.05) is 6.54 Å². The molecule has 6 nitrogen and oxygen atoms in total. The number of rotatable bonds is 3. The number of hydrogen-bond donors (Lipinski definition) is 1. The molecule has 1 aromatic heterocycles. The summed E-state index contributed by atoms with van der Waals surface area (Å²) in [5.41, 5.74) is 4.15. The van der Waals surface area contributed by atoms with Gasteiger partial charge >= 0.3 is 0 Å². The largest absolute Gasteiger partial charge is 0.363 e. The fourth-order valence-corrected chi connectivity index (χ4v) is 3.40. The first-order chi connectivity index (χ1) is 12.7. The van der Waals surface area contributed by atoms with Crippen LogP contribution in [0.4, 0.5) is 5.95 Å². The quantitative estimate of drug-likeness (QED) is 0.790. The zero-order valence-electron chi connectivity index (χ0n) is 14.4. The molecule has 1 aliphatic heterocycles. The number of nitrogens with zero attached hydrogens (tertiary/aromatic N) is 3. The third-order valence-electron chi connectivity index (χ3n) is 4.66. The number of amides is 1. The number of nitrogens with one attached hydrogen (secondary N) is 1. The number of carbonyl (C=O) groups excluding carboxylic acids is 1. The number of aryl methyl sites for hydroxylation is 1. The van der Waals surface area contributed by atoms with Crippen LogP contribution in [0, 0.1) is 11.3 Å². The Morgan fingerprint density at radius 2 is 2.23 bits per heavy atom. The Morgan fingerprint density at radius 3 is 3.04 bits per heavy atom. The van der Waals surface area contributed by atoms with E-state index in [4.69, 9.17) is 10.00 Å². The van der Waals surface area contributed by atoms with Crippen LogP contribution in [0.2, 0.25) is 0 Å². The van der Waals surface area contributed by atoms with Crippen LogP contribution in [0.5, 0.6) is 0 Å². The molecule has 1 atom stereocenters. The summed E-state index contributed by atoms with van der Waals surface area (Å²) in [4.78, 5) is 17.4. The summed E-state index contributed by atoms with van der Waals surface area (Å²) in [5, 5.41) is 12.0. The lowest BCUT2D eigenvalue weighted by Gasteiger charge is -2.25. The molecule has 1 aliphatic rings. The Labute approximate surface area is 151 Å². The lowest BCUT2D eigenvalue weighted by Crippen LogP contribution is -2.29. The Morgan fingerprint density at radius 1 is 1.38 bits per heavy atom. The average Bonchev–Trinajstić information content (AvgIpc) is 3.03. The lowest BCUT2D eigenvalue weighted by molar-refractivity contribution is -0.128. The van der Waals surface area contributed by atoms with Gasteiger partial charge in [0.25, 0.3) is 5.91 Å². The molecule has 0 bridgehead atoms. The molecule has 3 aromatic rings. The summed E-state index contributed by atoms with van der Waals surface area (Å²) in [7, 11) is 0. The highest BCUT2D eigenvalue weighted by molar-refractivity contribution is 5.95. The molecule has 0 aliphatic carbocycles. The zero-order chi connectivity index (χ0) is 18.1. The SMILES string of the molecule is CCn1c(NC(=O)[C@@H]2OCCc3ccccc32)nc2cc(C#N)ccc21. The van der Waals surface area contributed by atoms with E-state index in [1.165, 1.54) is 0 Å². The average molecular weight is 346 g/mol. The van der Waals surface area contributed by atoms with Gasteiger partial charge < -0.3 is 9.30 Å². The van der Waals surface area contributed by atoms with Crippen molar-refractivity contribution in [3.05, 3.63) is 59.2 Å². The van der Waals surface area contributed by atoms with E-state index >= 15 is 0 Å². The second kappa shape index (κ2) is 6.62. The Kier molecular flexibility index (Phi) is 4.15. The maximum Gasteiger partial charge on any atom is 0.260 e. The molecule has 1 N–H and O–H groups in total. The van der Waals surface area contributed by atoms with Gasteiger partial charge in [-0.2, -0.15) is 5.26 Å². The van der Waals surface area contributed by atoms with Crippen molar-refractivity contribution in [1.82, 2.24) is 9.55 Å². The number of aromatic nitrogens is 2. The van der Waals surface area contributed by atoms with Crippen LogP contribution in [0.1, 0.15) is 29.7 Å². The van der Waals surface area contributed by atoms with Crippen LogP contribution in [0.15, 0.2) is 42.5 Å². The number of benzene rings is 2. The van der Waals surface area contributed by atoms with Crippen molar-refractivity contribution < 1.29 is 9.53 Å². The third-order valence-corrected chi connectivity index (χ3v) is 4.66. The van der Waals surface area contributed by atoms with Gasteiger partial charge in [-0.1, -0.05) is 24.3 Å². The summed E-state index contributed by atoms with van der Waals surface area (Å²) < 4.78 is 7.65. The van der Waals surface area contributed by atoms with Crippen LogP contribution < -0.4 is 5.32 Å². The molecule has 2 heterocycles. The summed E-state index contributed by atoms with van der Waals surface area (Å²) in [6, 6.07) is 15.3. The lowest BCUT2D eigenvalue weighted by atomic mass is 9.97. The van der Waals surface area contributed by atoms with Crippen molar-refractivity contribution in [3.8, 4) is 6.07 Å². The molecule has 0 saturated heterocycles. The van der Waals surface area contributed by atoms with Crippen LogP contribution in [0.25, 0.3) is 11.0 Å². The number of fused-ring (bicyclic) bond motifs is 2.